The number of likely N-dealkylation sites (tertiary alicyclic amines) is 1. The maximum absolute atomic E-state index is 13.8. The zero-order valence-corrected chi connectivity index (χ0v) is 19.0. The fourth-order valence-corrected chi connectivity index (χ4v) is 4.31. The number of nitrogens with one attached hydrogen (secondary N) is 1. The van der Waals surface area contributed by atoms with Crippen LogP contribution in [0.25, 0.3) is 11.4 Å². The van der Waals surface area contributed by atoms with Crippen LogP contribution < -0.4 is 5.32 Å². The molecular formula is C25H26F3N5O. The Morgan fingerprint density at radius 3 is 2.59 bits per heavy atom. The normalized spacial score (nSPS) is 18.6. The quantitative estimate of drug-likeness (QED) is 0.555. The van der Waals surface area contributed by atoms with Crippen molar-refractivity contribution in [2.75, 3.05) is 18.4 Å². The summed E-state index contributed by atoms with van der Waals surface area (Å²) in [5, 5.41) is 3.12. The Hall–Kier alpha value is -3.49. The Bertz CT molecular complexity index is 1140. The minimum Gasteiger partial charge on any atom is -0.368 e. The van der Waals surface area contributed by atoms with E-state index < -0.39 is 11.7 Å². The second-order valence-electron chi connectivity index (χ2n) is 8.62. The lowest BCUT2D eigenvalue weighted by Crippen LogP contribution is -2.51. The molecule has 9 heteroatoms. The van der Waals surface area contributed by atoms with Crippen LogP contribution >= 0.6 is 0 Å². The number of carbonyl (C=O) groups excluding carboxylic acids is 1. The molecule has 0 aliphatic carbocycles. The standard InChI is InChI=1S/C25H26F3N5O/c1-16-6-8-19(23-29-10-4-11-30-23)20(13-16)24(34)33-12-3-5-17(2)21(33)15-32-22-9-7-18(14-31-22)25(26,27)28/h4,6-11,13-14,17,21H,3,5,12,15H2,1-2H3,(H,31,32)/t17-,21-/m1/s1. The van der Waals surface area contributed by atoms with E-state index in [1.54, 1.807) is 18.5 Å². The fourth-order valence-electron chi connectivity index (χ4n) is 4.31. The predicted octanol–water partition coefficient (Wildman–Crippen LogP) is 5.22. The lowest BCUT2D eigenvalue weighted by atomic mass is 9.89. The summed E-state index contributed by atoms with van der Waals surface area (Å²) >= 11 is 0. The molecule has 0 radical (unpaired) electrons. The second-order valence-corrected chi connectivity index (χ2v) is 8.62. The summed E-state index contributed by atoms with van der Waals surface area (Å²) in [4.78, 5) is 28.2. The van der Waals surface area contributed by atoms with Crippen molar-refractivity contribution >= 4 is 11.7 Å². The number of halogens is 3. The number of aromatic nitrogens is 3. The van der Waals surface area contributed by atoms with Crippen molar-refractivity contribution < 1.29 is 18.0 Å². The van der Waals surface area contributed by atoms with Crippen LogP contribution in [0.3, 0.4) is 0 Å². The number of alkyl halides is 3. The number of anilines is 1. The maximum atomic E-state index is 13.8. The molecule has 1 saturated heterocycles. The molecule has 2 atom stereocenters. The highest BCUT2D eigenvalue weighted by molar-refractivity contribution is 6.00. The first-order valence-electron chi connectivity index (χ1n) is 11.2. The third kappa shape index (κ3) is 5.18. The van der Waals surface area contributed by atoms with Gasteiger partial charge in [0.1, 0.15) is 5.82 Å². The van der Waals surface area contributed by atoms with E-state index in [1.807, 2.05) is 30.0 Å². The van der Waals surface area contributed by atoms with Crippen molar-refractivity contribution in [3.05, 3.63) is 71.7 Å². The highest BCUT2D eigenvalue weighted by Gasteiger charge is 2.34. The molecule has 34 heavy (non-hydrogen) atoms. The van der Waals surface area contributed by atoms with Crippen LogP contribution in [-0.4, -0.2) is 44.9 Å². The monoisotopic (exact) mass is 469 g/mol. The third-order valence-electron chi connectivity index (χ3n) is 6.17. The average molecular weight is 470 g/mol. The van der Waals surface area contributed by atoms with Crippen molar-refractivity contribution in [2.24, 2.45) is 5.92 Å². The van der Waals surface area contributed by atoms with E-state index in [-0.39, 0.29) is 17.9 Å². The van der Waals surface area contributed by atoms with Crippen molar-refractivity contribution in [1.29, 1.82) is 0 Å². The first-order chi connectivity index (χ1) is 16.2. The van der Waals surface area contributed by atoms with E-state index in [1.165, 1.54) is 6.07 Å². The molecule has 1 aliphatic rings. The van der Waals surface area contributed by atoms with Crippen molar-refractivity contribution in [1.82, 2.24) is 19.9 Å². The molecule has 1 N–H and O–H groups in total. The number of hydrogen-bond donors (Lipinski definition) is 1. The summed E-state index contributed by atoms with van der Waals surface area (Å²) in [6.07, 6.45) is 1.51. The van der Waals surface area contributed by atoms with Gasteiger partial charge in [0.2, 0.25) is 0 Å². The highest BCUT2D eigenvalue weighted by atomic mass is 19.4. The summed E-state index contributed by atoms with van der Waals surface area (Å²) in [6.45, 7) is 5.00. The molecule has 0 bridgehead atoms. The fraction of sp³-hybridized carbons (Fsp3) is 0.360. The molecule has 2 aromatic heterocycles. The molecule has 4 rings (SSSR count). The molecule has 1 aromatic carbocycles. The lowest BCUT2D eigenvalue weighted by molar-refractivity contribution is -0.137. The zero-order valence-electron chi connectivity index (χ0n) is 19.0. The highest BCUT2D eigenvalue weighted by Crippen LogP contribution is 2.30. The summed E-state index contributed by atoms with van der Waals surface area (Å²) in [5.74, 6) is 0.928. The van der Waals surface area contributed by atoms with Gasteiger partial charge in [0.05, 0.1) is 17.2 Å². The number of pyridine rings is 1. The van der Waals surface area contributed by atoms with E-state index in [2.05, 4.69) is 27.2 Å². The SMILES string of the molecule is Cc1ccc(-c2ncccn2)c(C(=O)N2CCC[C@@H](C)[C@H]2CNc2ccc(C(F)(F)F)cn2)c1. The Morgan fingerprint density at radius 1 is 1.15 bits per heavy atom. The first-order valence-corrected chi connectivity index (χ1v) is 11.2. The molecule has 1 fully saturated rings. The summed E-state index contributed by atoms with van der Waals surface area (Å²) in [7, 11) is 0. The van der Waals surface area contributed by atoms with Crippen LogP contribution in [0.1, 0.15) is 41.3 Å². The predicted molar refractivity (Wildman–Crippen MR) is 123 cm³/mol. The third-order valence-corrected chi connectivity index (χ3v) is 6.17. The second kappa shape index (κ2) is 9.79. The van der Waals surface area contributed by atoms with Crippen molar-refractivity contribution in [2.45, 2.75) is 38.9 Å². The molecule has 0 spiro atoms. The first kappa shape index (κ1) is 23.7. The van der Waals surface area contributed by atoms with Gasteiger partial charge in [-0.3, -0.25) is 4.79 Å². The van der Waals surface area contributed by atoms with Crippen LogP contribution in [0.15, 0.2) is 55.0 Å². The van der Waals surface area contributed by atoms with Crippen molar-refractivity contribution in [3.63, 3.8) is 0 Å². The lowest BCUT2D eigenvalue weighted by Gasteiger charge is -2.40. The Balaban J connectivity index is 1.57. The number of benzene rings is 1. The molecular weight excluding hydrogens is 443 g/mol. The van der Waals surface area contributed by atoms with E-state index in [0.717, 1.165) is 30.7 Å². The van der Waals surface area contributed by atoms with E-state index in [4.69, 9.17) is 0 Å². The molecule has 3 aromatic rings. The molecule has 1 aliphatic heterocycles. The molecule has 0 saturated carbocycles. The number of piperidine rings is 1. The smallest absolute Gasteiger partial charge is 0.368 e. The average Bonchev–Trinajstić information content (AvgIpc) is 2.83. The van der Waals surface area contributed by atoms with Crippen LogP contribution in [-0.2, 0) is 6.18 Å². The van der Waals surface area contributed by atoms with E-state index in [9.17, 15) is 18.0 Å². The van der Waals surface area contributed by atoms with Gasteiger partial charge in [0.25, 0.3) is 5.91 Å². The largest absolute Gasteiger partial charge is 0.417 e. The minimum absolute atomic E-state index is 0.107. The summed E-state index contributed by atoms with van der Waals surface area (Å²) < 4.78 is 38.5. The van der Waals surface area contributed by atoms with Gasteiger partial charge < -0.3 is 10.2 Å². The van der Waals surface area contributed by atoms with Gasteiger partial charge >= 0.3 is 6.18 Å². The summed E-state index contributed by atoms with van der Waals surface area (Å²) in [6, 6.07) is 9.55. The Kier molecular flexibility index (Phi) is 6.81. The number of hydrogen-bond acceptors (Lipinski definition) is 5. The minimum atomic E-state index is -4.43. The van der Waals surface area contributed by atoms with Crippen LogP contribution in [0.5, 0.6) is 0 Å². The Labute approximate surface area is 196 Å². The van der Waals surface area contributed by atoms with Crippen LogP contribution in [0.2, 0.25) is 0 Å². The molecule has 1 amide bonds. The van der Waals surface area contributed by atoms with E-state index >= 15 is 0 Å². The molecule has 3 heterocycles. The summed E-state index contributed by atoms with van der Waals surface area (Å²) in [5.41, 5.74) is 1.37. The van der Waals surface area contributed by atoms with Gasteiger partial charge in [-0.1, -0.05) is 24.6 Å². The van der Waals surface area contributed by atoms with Gasteiger partial charge in [-0.2, -0.15) is 13.2 Å². The number of carbonyl (C=O) groups is 1. The van der Waals surface area contributed by atoms with Crippen molar-refractivity contribution in [3.8, 4) is 11.4 Å². The Morgan fingerprint density at radius 2 is 1.91 bits per heavy atom. The topological polar surface area (TPSA) is 71.0 Å². The number of rotatable bonds is 5. The van der Waals surface area contributed by atoms with Gasteiger partial charge in [-0.25, -0.2) is 15.0 Å². The van der Waals surface area contributed by atoms with Gasteiger partial charge in [-0.05, 0) is 49.9 Å². The van der Waals surface area contributed by atoms with Crippen LogP contribution in [0.4, 0.5) is 19.0 Å². The van der Waals surface area contributed by atoms with Gasteiger partial charge in [0.15, 0.2) is 5.82 Å². The zero-order chi connectivity index (χ0) is 24.3. The number of aryl methyl sites for hydroxylation is 1. The van der Waals surface area contributed by atoms with Crippen LogP contribution in [0, 0.1) is 12.8 Å². The maximum Gasteiger partial charge on any atom is 0.417 e. The molecule has 0 unspecified atom stereocenters. The van der Waals surface area contributed by atoms with Gasteiger partial charge in [-0.15, -0.1) is 0 Å². The molecule has 178 valence electrons. The molecule has 6 nitrogen and oxygen atoms in total. The number of amides is 1. The number of nitrogens with zero attached hydrogens (tertiary/aromatic N) is 4. The van der Waals surface area contributed by atoms with Gasteiger partial charge in [0, 0.05) is 37.2 Å². The van der Waals surface area contributed by atoms with E-state index in [0.29, 0.717) is 35.9 Å².